The van der Waals surface area contributed by atoms with Crippen LogP contribution in [0.1, 0.15) is 54.8 Å². The summed E-state index contributed by atoms with van der Waals surface area (Å²) >= 11 is 1.69. The summed E-state index contributed by atoms with van der Waals surface area (Å²) in [6.45, 7) is 6.78. The topological polar surface area (TPSA) is 27.7 Å². The predicted molar refractivity (Wildman–Crippen MR) is 203 cm³/mol. The maximum Gasteiger partial charge on any atom is 0.191 e. The average molecular weight is 647 g/mol. The van der Waals surface area contributed by atoms with Crippen LogP contribution in [0, 0.1) is 0 Å². The van der Waals surface area contributed by atoms with Gasteiger partial charge in [0.1, 0.15) is 11.5 Å². The van der Waals surface area contributed by atoms with Crippen LogP contribution in [0.4, 0.5) is 0 Å². The monoisotopic (exact) mass is 646 g/mol. The fourth-order valence-corrected chi connectivity index (χ4v) is 7.90. The van der Waals surface area contributed by atoms with Gasteiger partial charge in [-0.3, -0.25) is 4.57 Å². The first-order chi connectivity index (χ1) is 24.6. The first-order valence-electron chi connectivity index (χ1n) is 18.0. The number of fused-ring (bicyclic) bond motifs is 4. The zero-order chi connectivity index (χ0) is 35.4. The van der Waals surface area contributed by atoms with Crippen molar-refractivity contribution in [3.63, 3.8) is 0 Å². The van der Waals surface area contributed by atoms with Crippen molar-refractivity contribution in [3.8, 4) is 22.6 Å². The molecule has 48 heavy (non-hydrogen) atoms. The second kappa shape index (κ2) is 12.1. The van der Waals surface area contributed by atoms with E-state index in [1.165, 1.54) is 37.6 Å². The smallest absolute Gasteiger partial charge is 0.191 e. The minimum atomic E-state index is -2.28. The minimum Gasteiger partial charge on any atom is -0.294 e. The molecule has 0 bridgehead atoms. The van der Waals surface area contributed by atoms with Crippen molar-refractivity contribution in [1.82, 2.24) is 18.7 Å². The maximum absolute atomic E-state index is 8.09. The van der Waals surface area contributed by atoms with Crippen LogP contribution in [0.15, 0.2) is 144 Å². The Morgan fingerprint density at radius 1 is 0.646 bits per heavy atom. The SMILES string of the molecule is [2H]C([2H])([2H])n1[cH+]n(-c2cccc(Sc3ccc4c5ccccc5n(-c5cc(-c6c(C(C)C)cccc6C(C)C)ccn5)c4c3)c2)c2ccccc21. The van der Waals surface area contributed by atoms with Crippen LogP contribution in [0.5, 0.6) is 0 Å². The second-order valence-corrected chi connectivity index (χ2v) is 14.1. The average Bonchev–Trinajstić information content (AvgIpc) is 3.68. The van der Waals surface area contributed by atoms with Crippen molar-refractivity contribution in [2.24, 2.45) is 6.98 Å². The van der Waals surface area contributed by atoms with Crippen molar-refractivity contribution in [2.75, 3.05) is 0 Å². The quantitative estimate of drug-likeness (QED) is 0.161. The molecular formula is C43H39N4S+. The molecule has 3 aromatic heterocycles. The number of aromatic nitrogens is 4. The van der Waals surface area contributed by atoms with Gasteiger partial charge in [-0.15, -0.1) is 0 Å². The third-order valence-electron chi connectivity index (χ3n) is 9.24. The summed E-state index contributed by atoms with van der Waals surface area (Å²) in [6, 6.07) is 42.2. The van der Waals surface area contributed by atoms with Gasteiger partial charge >= 0.3 is 0 Å². The van der Waals surface area contributed by atoms with Crippen molar-refractivity contribution in [2.45, 2.75) is 49.3 Å². The van der Waals surface area contributed by atoms with Crippen LogP contribution in [0.3, 0.4) is 0 Å². The molecule has 0 radical (unpaired) electrons. The highest BCUT2D eigenvalue weighted by molar-refractivity contribution is 7.99. The van der Waals surface area contributed by atoms with Gasteiger partial charge in [0.15, 0.2) is 17.4 Å². The lowest BCUT2D eigenvalue weighted by molar-refractivity contribution is 0.838. The van der Waals surface area contributed by atoms with Gasteiger partial charge in [0.25, 0.3) is 0 Å². The van der Waals surface area contributed by atoms with E-state index >= 15 is 0 Å². The molecule has 0 spiro atoms. The van der Waals surface area contributed by atoms with E-state index in [-0.39, 0.29) is 0 Å². The number of nitrogens with zero attached hydrogens (tertiary/aromatic N) is 4. The third-order valence-corrected chi connectivity index (χ3v) is 10.2. The molecule has 8 rings (SSSR count). The number of imidazole rings is 1. The van der Waals surface area contributed by atoms with Gasteiger partial charge in [-0.05, 0) is 88.7 Å². The molecule has 236 valence electrons. The Kier molecular flexibility index (Phi) is 6.81. The lowest BCUT2D eigenvalue weighted by atomic mass is 9.85. The van der Waals surface area contributed by atoms with Gasteiger partial charge in [0.05, 0.1) is 11.0 Å². The molecule has 8 aromatic rings. The standard InChI is InChI=1S/C43H39N4S/c1-28(2)34-15-11-16-35(29(3)4)43(34)30-22-23-44-42(24-30)47-38-17-7-6-14-36(38)37-21-20-33(26-41(37)47)48-32-13-10-12-31(25-32)46-27-45(5)39-18-8-9-19-40(39)46/h6-29H,1-5H3/q+1/i5D3. The number of benzene rings is 5. The van der Waals surface area contributed by atoms with Gasteiger partial charge in [0.2, 0.25) is 0 Å². The van der Waals surface area contributed by atoms with Crippen LogP contribution in [0.2, 0.25) is 0 Å². The Hall–Kier alpha value is -5.13. The maximum atomic E-state index is 8.09. The minimum absolute atomic E-state index is 0.389. The van der Waals surface area contributed by atoms with E-state index < -0.39 is 6.98 Å². The van der Waals surface area contributed by atoms with E-state index in [9.17, 15) is 0 Å². The van der Waals surface area contributed by atoms with Crippen molar-refractivity contribution < 1.29 is 4.11 Å². The molecule has 0 amide bonds. The van der Waals surface area contributed by atoms with Crippen LogP contribution < -0.4 is 0 Å². The van der Waals surface area contributed by atoms with Crippen LogP contribution in [0.25, 0.3) is 55.5 Å². The molecule has 4 nitrogen and oxygen atoms in total. The van der Waals surface area contributed by atoms with Gasteiger partial charge in [-0.1, -0.05) is 81.9 Å². The highest BCUT2D eigenvalue weighted by Gasteiger charge is 2.19. The van der Waals surface area contributed by atoms with E-state index in [2.05, 4.69) is 117 Å². The molecule has 0 aliphatic heterocycles. The second-order valence-electron chi connectivity index (χ2n) is 13.0. The molecule has 0 atom stereocenters. The van der Waals surface area contributed by atoms with Gasteiger partial charge < -0.3 is 0 Å². The fraction of sp³-hybridized carbons (Fsp3) is 0.163. The molecule has 5 aromatic carbocycles. The molecule has 0 aliphatic carbocycles. The van der Waals surface area contributed by atoms with Crippen molar-refractivity contribution in [3.05, 3.63) is 145 Å². The highest BCUT2D eigenvalue weighted by atomic mass is 32.2. The Balaban J connectivity index is 1.23. The Morgan fingerprint density at radius 2 is 1.33 bits per heavy atom. The Labute approximate surface area is 290 Å². The summed E-state index contributed by atoms with van der Waals surface area (Å²) < 4.78 is 29.9. The third kappa shape index (κ3) is 5.19. The first kappa shape index (κ1) is 26.9. The largest absolute Gasteiger partial charge is 0.294 e. The normalized spacial score (nSPS) is 13.1. The Morgan fingerprint density at radius 3 is 2.10 bits per heavy atom. The van der Waals surface area contributed by atoms with Crippen LogP contribution in [-0.2, 0) is 6.98 Å². The zero-order valence-corrected chi connectivity index (χ0v) is 28.4. The molecule has 0 unspecified atom stereocenters. The summed E-state index contributed by atoms with van der Waals surface area (Å²) in [4.78, 5) is 7.12. The van der Waals surface area contributed by atoms with Crippen LogP contribution >= 0.6 is 11.8 Å². The molecule has 0 aliphatic rings. The van der Waals surface area contributed by atoms with E-state index in [0.717, 1.165) is 37.8 Å². The summed E-state index contributed by atoms with van der Waals surface area (Å²) in [5.74, 6) is 1.67. The number of hydrogen-bond acceptors (Lipinski definition) is 2. The highest BCUT2D eigenvalue weighted by Crippen LogP contribution is 2.39. The molecular weight excluding hydrogens is 605 g/mol. The molecule has 0 saturated heterocycles. The molecule has 0 fully saturated rings. The summed E-state index contributed by atoms with van der Waals surface area (Å²) in [5, 5.41) is 2.36. The van der Waals surface area contributed by atoms with E-state index in [1.807, 2.05) is 47.2 Å². The molecule has 0 N–H and O–H groups in total. The van der Waals surface area contributed by atoms with E-state index in [4.69, 9.17) is 9.10 Å². The number of para-hydroxylation sites is 3. The summed E-state index contributed by atoms with van der Waals surface area (Å²) in [5.41, 5.74) is 9.81. The van der Waals surface area contributed by atoms with Gasteiger partial charge in [-0.2, -0.15) is 4.57 Å². The van der Waals surface area contributed by atoms with Gasteiger partial charge in [0, 0.05) is 62.1 Å². The zero-order valence-electron chi connectivity index (χ0n) is 30.6. The first-order valence-corrected chi connectivity index (χ1v) is 17.3. The van der Waals surface area contributed by atoms with E-state index in [0.29, 0.717) is 17.4 Å². The lowest BCUT2D eigenvalue weighted by Crippen LogP contribution is -2.02. The number of pyridine rings is 1. The summed E-state index contributed by atoms with van der Waals surface area (Å²) in [6.07, 6.45) is 3.62. The predicted octanol–water partition coefficient (Wildman–Crippen LogP) is 11.8. The Bertz CT molecular complexity index is 2550. The fourth-order valence-electron chi connectivity index (χ4n) is 6.99. The lowest BCUT2D eigenvalue weighted by Gasteiger charge is -2.20. The van der Waals surface area contributed by atoms with Crippen molar-refractivity contribution >= 4 is 44.6 Å². The number of aryl methyl sites for hydroxylation is 1. The molecule has 5 heteroatoms. The van der Waals surface area contributed by atoms with Crippen molar-refractivity contribution in [1.29, 1.82) is 0 Å². The summed E-state index contributed by atoms with van der Waals surface area (Å²) in [7, 11) is 0. The number of hydrogen-bond donors (Lipinski definition) is 0. The number of rotatable bonds is 7. The van der Waals surface area contributed by atoms with E-state index in [1.54, 1.807) is 18.1 Å². The van der Waals surface area contributed by atoms with Crippen LogP contribution in [-0.4, -0.2) is 18.7 Å². The molecule has 0 saturated carbocycles. The van der Waals surface area contributed by atoms with Gasteiger partial charge in [-0.25, -0.2) is 9.55 Å². The molecule has 3 heterocycles.